The minimum absolute atomic E-state index is 0.292. The van der Waals surface area contributed by atoms with E-state index in [1.165, 1.54) is 6.26 Å². The van der Waals surface area contributed by atoms with Crippen molar-refractivity contribution in [1.29, 1.82) is 0 Å². The van der Waals surface area contributed by atoms with Crippen LogP contribution in [0, 0.1) is 0 Å². The molecular formula is C8H9ClN4O. The molecule has 2 N–H and O–H groups in total. The second kappa shape index (κ2) is 3.43. The molecule has 2 rings (SSSR count). The third-order valence-corrected chi connectivity index (χ3v) is 2.31. The van der Waals surface area contributed by atoms with Gasteiger partial charge in [0.05, 0.1) is 12.3 Å². The summed E-state index contributed by atoms with van der Waals surface area (Å²) in [5.74, 6) is 0.647. The van der Waals surface area contributed by atoms with Gasteiger partial charge in [-0.25, -0.2) is 0 Å². The molecule has 74 valence electrons. The number of rotatable bonds is 2. The molecule has 6 heteroatoms. The van der Waals surface area contributed by atoms with E-state index in [1.54, 1.807) is 17.0 Å². The summed E-state index contributed by atoms with van der Waals surface area (Å²) < 4.78 is 6.70. The van der Waals surface area contributed by atoms with Crippen molar-refractivity contribution in [2.24, 2.45) is 12.8 Å². The van der Waals surface area contributed by atoms with Gasteiger partial charge >= 0.3 is 0 Å². The quantitative estimate of drug-likeness (QED) is 0.810. The first kappa shape index (κ1) is 9.23. The topological polar surface area (TPSA) is 69.9 Å². The highest BCUT2D eigenvalue weighted by Crippen LogP contribution is 2.25. The zero-order valence-corrected chi connectivity index (χ0v) is 8.27. The highest BCUT2D eigenvalue weighted by molar-refractivity contribution is 6.29. The number of aromatic nitrogens is 3. The first-order chi connectivity index (χ1) is 6.70. The van der Waals surface area contributed by atoms with Gasteiger partial charge in [-0.15, -0.1) is 10.2 Å². The van der Waals surface area contributed by atoms with Crippen molar-refractivity contribution >= 4 is 11.6 Å². The number of hydrogen-bond acceptors (Lipinski definition) is 4. The molecule has 0 aliphatic heterocycles. The van der Waals surface area contributed by atoms with E-state index in [2.05, 4.69) is 10.2 Å². The molecule has 0 saturated heterocycles. The van der Waals surface area contributed by atoms with Gasteiger partial charge in [0.1, 0.15) is 6.33 Å². The van der Waals surface area contributed by atoms with Gasteiger partial charge in [-0.2, -0.15) is 0 Å². The van der Waals surface area contributed by atoms with Gasteiger partial charge in [0.25, 0.3) is 0 Å². The van der Waals surface area contributed by atoms with Crippen molar-refractivity contribution in [2.75, 3.05) is 0 Å². The lowest BCUT2D eigenvalue weighted by atomic mass is 10.1. The molecule has 0 saturated carbocycles. The van der Waals surface area contributed by atoms with Crippen molar-refractivity contribution in [3.05, 3.63) is 35.3 Å². The molecule has 2 heterocycles. The average molecular weight is 213 g/mol. The fourth-order valence-corrected chi connectivity index (χ4v) is 1.47. The Morgan fingerprint density at radius 1 is 1.64 bits per heavy atom. The molecule has 0 aliphatic rings. The lowest BCUT2D eigenvalue weighted by molar-refractivity contribution is 0.562. The number of hydrogen-bond donors (Lipinski definition) is 1. The molecule has 0 radical (unpaired) electrons. The van der Waals surface area contributed by atoms with E-state index < -0.39 is 6.04 Å². The number of nitrogens with zero attached hydrogens (tertiary/aromatic N) is 3. The zero-order valence-electron chi connectivity index (χ0n) is 7.51. The molecule has 0 spiro atoms. The number of nitrogens with two attached hydrogens (primary N) is 1. The number of aryl methyl sites for hydroxylation is 1. The van der Waals surface area contributed by atoms with Crippen molar-refractivity contribution in [3.63, 3.8) is 0 Å². The van der Waals surface area contributed by atoms with Gasteiger partial charge in [-0.1, -0.05) is 0 Å². The number of furan rings is 1. The summed E-state index contributed by atoms with van der Waals surface area (Å²) in [6.07, 6.45) is 3.08. The molecule has 0 aliphatic carbocycles. The molecule has 1 atom stereocenters. The van der Waals surface area contributed by atoms with Crippen molar-refractivity contribution in [3.8, 4) is 0 Å². The molecule has 14 heavy (non-hydrogen) atoms. The van der Waals surface area contributed by atoms with Gasteiger partial charge in [0.2, 0.25) is 0 Å². The van der Waals surface area contributed by atoms with Crippen LogP contribution in [0.4, 0.5) is 0 Å². The Morgan fingerprint density at radius 2 is 2.43 bits per heavy atom. The predicted octanol–water partition coefficient (Wildman–Crippen LogP) is 1.11. The minimum Gasteiger partial charge on any atom is -0.453 e. The van der Waals surface area contributed by atoms with E-state index in [0.29, 0.717) is 16.6 Å². The molecule has 5 nitrogen and oxygen atoms in total. The molecule has 0 aromatic carbocycles. The molecule has 0 fully saturated rings. The van der Waals surface area contributed by atoms with Crippen molar-refractivity contribution in [2.45, 2.75) is 6.04 Å². The van der Waals surface area contributed by atoms with Crippen LogP contribution >= 0.6 is 11.6 Å². The summed E-state index contributed by atoms with van der Waals surface area (Å²) in [5.41, 5.74) is 6.65. The normalized spacial score (nSPS) is 13.1. The molecular weight excluding hydrogens is 204 g/mol. The van der Waals surface area contributed by atoms with Crippen molar-refractivity contribution < 1.29 is 4.42 Å². The van der Waals surface area contributed by atoms with E-state index in [-0.39, 0.29) is 0 Å². The van der Waals surface area contributed by atoms with Gasteiger partial charge in [-0.3, -0.25) is 0 Å². The third kappa shape index (κ3) is 1.40. The SMILES string of the molecule is Cn1cnnc1C(N)c1ccoc1Cl. The van der Waals surface area contributed by atoms with Crippen LogP contribution in [-0.4, -0.2) is 14.8 Å². The second-order valence-corrected chi connectivity index (χ2v) is 3.27. The summed E-state index contributed by atoms with van der Waals surface area (Å²) in [6.45, 7) is 0. The van der Waals surface area contributed by atoms with Crippen LogP contribution < -0.4 is 5.73 Å². The lowest BCUT2D eigenvalue weighted by Gasteiger charge is -2.08. The summed E-state index contributed by atoms with van der Waals surface area (Å²) in [6, 6.07) is 1.32. The molecule has 1 unspecified atom stereocenters. The standard InChI is InChI=1S/C8H9ClN4O/c1-13-4-11-12-8(13)6(10)5-2-3-14-7(5)9/h2-4,6H,10H2,1H3. The Balaban J connectivity index is 2.38. The average Bonchev–Trinajstić information content (AvgIpc) is 2.73. The fraction of sp³-hybridized carbons (Fsp3) is 0.250. The molecule has 0 bridgehead atoms. The summed E-state index contributed by atoms with van der Waals surface area (Å²) in [7, 11) is 1.82. The van der Waals surface area contributed by atoms with E-state index in [4.69, 9.17) is 21.8 Å². The third-order valence-electron chi connectivity index (χ3n) is 2.01. The van der Waals surface area contributed by atoms with E-state index in [0.717, 1.165) is 0 Å². The van der Waals surface area contributed by atoms with Crippen LogP contribution in [0.1, 0.15) is 17.4 Å². The second-order valence-electron chi connectivity index (χ2n) is 2.93. The van der Waals surface area contributed by atoms with Crippen LogP contribution in [0.15, 0.2) is 23.1 Å². The molecule has 2 aromatic rings. The highest BCUT2D eigenvalue weighted by atomic mass is 35.5. The minimum atomic E-state index is -0.409. The van der Waals surface area contributed by atoms with Crippen molar-refractivity contribution in [1.82, 2.24) is 14.8 Å². The van der Waals surface area contributed by atoms with E-state index in [1.807, 2.05) is 7.05 Å². The van der Waals surface area contributed by atoms with E-state index in [9.17, 15) is 0 Å². The van der Waals surface area contributed by atoms with Gasteiger partial charge in [0, 0.05) is 12.6 Å². The summed E-state index contributed by atoms with van der Waals surface area (Å²) in [5, 5.41) is 7.93. The first-order valence-electron chi connectivity index (χ1n) is 4.02. The Kier molecular flexibility index (Phi) is 2.26. The van der Waals surface area contributed by atoms with Gasteiger partial charge in [0.15, 0.2) is 11.0 Å². The maximum Gasteiger partial charge on any atom is 0.198 e. The Hall–Kier alpha value is -1.33. The van der Waals surface area contributed by atoms with Crippen LogP contribution in [-0.2, 0) is 7.05 Å². The monoisotopic (exact) mass is 212 g/mol. The van der Waals surface area contributed by atoms with Crippen LogP contribution in [0.25, 0.3) is 0 Å². The largest absolute Gasteiger partial charge is 0.453 e. The zero-order chi connectivity index (χ0) is 10.1. The van der Waals surface area contributed by atoms with Gasteiger partial charge < -0.3 is 14.7 Å². The van der Waals surface area contributed by atoms with E-state index >= 15 is 0 Å². The maximum absolute atomic E-state index is 5.94. The van der Waals surface area contributed by atoms with Crippen LogP contribution in [0.5, 0.6) is 0 Å². The fourth-order valence-electron chi connectivity index (χ4n) is 1.24. The summed E-state index contributed by atoms with van der Waals surface area (Å²) in [4.78, 5) is 0. The number of halogens is 1. The molecule has 0 amide bonds. The van der Waals surface area contributed by atoms with Gasteiger partial charge in [-0.05, 0) is 17.7 Å². The Labute approximate surface area is 85.5 Å². The maximum atomic E-state index is 5.94. The predicted molar refractivity (Wildman–Crippen MR) is 50.8 cm³/mol. The smallest absolute Gasteiger partial charge is 0.198 e. The Morgan fingerprint density at radius 3 is 2.93 bits per heavy atom. The highest BCUT2D eigenvalue weighted by Gasteiger charge is 2.18. The lowest BCUT2D eigenvalue weighted by Crippen LogP contribution is -2.16. The summed E-state index contributed by atoms with van der Waals surface area (Å²) >= 11 is 5.80. The Bertz CT molecular complexity index is 396. The first-order valence-corrected chi connectivity index (χ1v) is 4.40. The van der Waals surface area contributed by atoms with Crippen LogP contribution in [0.2, 0.25) is 5.22 Å². The molecule has 2 aromatic heterocycles. The van der Waals surface area contributed by atoms with Crippen LogP contribution in [0.3, 0.4) is 0 Å².